The molecule has 27 heavy (non-hydrogen) atoms. The van der Waals surface area contributed by atoms with Crippen molar-refractivity contribution in [3.63, 3.8) is 0 Å². The topological polar surface area (TPSA) is 64.0 Å². The fraction of sp³-hybridized carbons (Fsp3) is 0.571. The summed E-state index contributed by atoms with van der Waals surface area (Å²) in [6.07, 6.45) is 10.1. The molecule has 4 rings (SSSR count). The molecule has 0 unspecified atom stereocenters. The lowest BCUT2D eigenvalue weighted by atomic mass is 9.95. The number of hydrogen-bond donors (Lipinski definition) is 1. The van der Waals surface area contributed by atoms with E-state index in [0.29, 0.717) is 27.9 Å². The van der Waals surface area contributed by atoms with E-state index >= 15 is 0 Å². The van der Waals surface area contributed by atoms with Crippen molar-refractivity contribution in [3.8, 4) is 0 Å². The SMILES string of the molecule is O=C(CSc1nc2ccccc2c(=O)n1C1CCCCC1)NC1CCCC1. The van der Waals surface area contributed by atoms with Crippen molar-refractivity contribution < 1.29 is 4.79 Å². The summed E-state index contributed by atoms with van der Waals surface area (Å²) < 4.78 is 1.87. The highest BCUT2D eigenvalue weighted by molar-refractivity contribution is 7.99. The van der Waals surface area contributed by atoms with Crippen LogP contribution in [0.3, 0.4) is 0 Å². The Morgan fingerprint density at radius 1 is 1.07 bits per heavy atom. The molecule has 0 saturated heterocycles. The van der Waals surface area contributed by atoms with E-state index in [1.807, 2.05) is 28.8 Å². The summed E-state index contributed by atoms with van der Waals surface area (Å²) in [6, 6.07) is 8.04. The third-order valence-electron chi connectivity index (χ3n) is 5.77. The number of amides is 1. The number of para-hydroxylation sites is 1. The highest BCUT2D eigenvalue weighted by atomic mass is 32.2. The van der Waals surface area contributed by atoms with Crippen LogP contribution in [0.2, 0.25) is 0 Å². The minimum atomic E-state index is 0.0335. The molecule has 0 atom stereocenters. The number of carbonyl (C=O) groups is 1. The molecule has 1 N–H and O–H groups in total. The second-order valence-corrected chi connectivity index (χ2v) is 8.66. The number of nitrogens with zero attached hydrogens (tertiary/aromatic N) is 2. The summed E-state index contributed by atoms with van der Waals surface area (Å²) in [5.41, 5.74) is 0.750. The zero-order valence-corrected chi connectivity index (χ0v) is 16.5. The highest BCUT2D eigenvalue weighted by Crippen LogP contribution is 2.31. The van der Waals surface area contributed by atoms with Crippen molar-refractivity contribution in [2.75, 3.05) is 5.75 Å². The maximum atomic E-state index is 13.2. The van der Waals surface area contributed by atoms with Crippen molar-refractivity contribution in [3.05, 3.63) is 34.6 Å². The Morgan fingerprint density at radius 3 is 2.56 bits per heavy atom. The van der Waals surface area contributed by atoms with Crippen LogP contribution in [0.25, 0.3) is 10.9 Å². The largest absolute Gasteiger partial charge is 0.353 e. The minimum Gasteiger partial charge on any atom is -0.353 e. The van der Waals surface area contributed by atoms with Crippen LogP contribution in [0.15, 0.2) is 34.2 Å². The van der Waals surface area contributed by atoms with Crippen LogP contribution in [0.5, 0.6) is 0 Å². The number of thioether (sulfide) groups is 1. The fourth-order valence-corrected chi connectivity index (χ4v) is 5.24. The molecule has 2 aromatic rings. The van der Waals surface area contributed by atoms with E-state index in [1.165, 1.54) is 31.0 Å². The number of hydrogen-bond acceptors (Lipinski definition) is 4. The van der Waals surface area contributed by atoms with Gasteiger partial charge in [0.25, 0.3) is 5.56 Å². The van der Waals surface area contributed by atoms with Gasteiger partial charge in [-0.3, -0.25) is 14.2 Å². The molecule has 5 nitrogen and oxygen atoms in total. The molecule has 0 bridgehead atoms. The van der Waals surface area contributed by atoms with Gasteiger partial charge in [-0.25, -0.2) is 4.98 Å². The van der Waals surface area contributed by atoms with Crippen LogP contribution < -0.4 is 10.9 Å². The van der Waals surface area contributed by atoms with Gasteiger partial charge >= 0.3 is 0 Å². The first-order chi connectivity index (χ1) is 13.2. The van der Waals surface area contributed by atoms with Crippen LogP contribution in [0, 0.1) is 0 Å². The van der Waals surface area contributed by atoms with Crippen molar-refractivity contribution in [2.45, 2.75) is 75.0 Å². The second kappa shape index (κ2) is 8.46. The molecule has 1 amide bonds. The number of nitrogens with one attached hydrogen (secondary N) is 1. The molecule has 1 aromatic carbocycles. The van der Waals surface area contributed by atoms with E-state index in [2.05, 4.69) is 5.32 Å². The van der Waals surface area contributed by atoms with Crippen LogP contribution in [-0.2, 0) is 4.79 Å². The van der Waals surface area contributed by atoms with Crippen molar-refractivity contribution in [2.24, 2.45) is 0 Å². The van der Waals surface area contributed by atoms with E-state index in [9.17, 15) is 9.59 Å². The van der Waals surface area contributed by atoms with E-state index < -0.39 is 0 Å². The molecule has 2 fully saturated rings. The lowest BCUT2D eigenvalue weighted by molar-refractivity contribution is -0.119. The summed E-state index contributed by atoms with van der Waals surface area (Å²) in [4.78, 5) is 30.3. The number of rotatable bonds is 5. The molecule has 0 radical (unpaired) electrons. The van der Waals surface area contributed by atoms with Gasteiger partial charge in [0.05, 0.1) is 16.7 Å². The maximum Gasteiger partial charge on any atom is 0.262 e. The zero-order chi connectivity index (χ0) is 18.6. The maximum absolute atomic E-state index is 13.2. The molecular formula is C21H27N3O2S. The summed E-state index contributed by atoms with van der Waals surface area (Å²) in [7, 11) is 0. The van der Waals surface area contributed by atoms with E-state index in [0.717, 1.165) is 38.5 Å². The molecule has 2 aliphatic carbocycles. The third kappa shape index (κ3) is 4.21. The highest BCUT2D eigenvalue weighted by Gasteiger charge is 2.23. The Labute approximate surface area is 163 Å². The standard InChI is InChI=1S/C21H27N3O2S/c25-19(22-15-8-4-5-9-15)14-27-21-23-18-13-7-6-12-17(18)20(26)24(21)16-10-2-1-3-11-16/h6-7,12-13,15-16H,1-5,8-11,14H2,(H,22,25). The lowest BCUT2D eigenvalue weighted by Crippen LogP contribution is -2.34. The van der Waals surface area contributed by atoms with Gasteiger partial charge < -0.3 is 5.32 Å². The third-order valence-corrected chi connectivity index (χ3v) is 6.72. The first-order valence-corrected chi connectivity index (χ1v) is 11.1. The van der Waals surface area contributed by atoms with Crippen molar-refractivity contribution in [1.29, 1.82) is 0 Å². The van der Waals surface area contributed by atoms with Gasteiger partial charge in [-0.2, -0.15) is 0 Å². The van der Waals surface area contributed by atoms with E-state index in [1.54, 1.807) is 0 Å². The molecule has 2 saturated carbocycles. The Hall–Kier alpha value is -1.82. The first-order valence-electron chi connectivity index (χ1n) is 10.2. The first kappa shape index (κ1) is 18.5. The van der Waals surface area contributed by atoms with Crippen LogP contribution in [0.4, 0.5) is 0 Å². The Kier molecular flexibility index (Phi) is 5.81. The Bertz CT molecular complexity index is 867. The Balaban J connectivity index is 1.59. The molecule has 6 heteroatoms. The molecule has 144 valence electrons. The van der Waals surface area contributed by atoms with Crippen LogP contribution in [-0.4, -0.2) is 27.3 Å². The summed E-state index contributed by atoms with van der Waals surface area (Å²) >= 11 is 1.40. The van der Waals surface area contributed by atoms with Gasteiger partial charge in [0.15, 0.2) is 5.16 Å². The summed E-state index contributed by atoms with van der Waals surface area (Å²) in [6.45, 7) is 0. The molecule has 1 aromatic heterocycles. The van der Waals surface area contributed by atoms with Gasteiger partial charge in [0.2, 0.25) is 5.91 Å². The van der Waals surface area contributed by atoms with Crippen LogP contribution >= 0.6 is 11.8 Å². The smallest absolute Gasteiger partial charge is 0.262 e. The molecule has 0 spiro atoms. The van der Waals surface area contributed by atoms with Crippen molar-refractivity contribution >= 4 is 28.6 Å². The summed E-state index contributed by atoms with van der Waals surface area (Å²) in [5.74, 6) is 0.359. The van der Waals surface area contributed by atoms with Crippen molar-refractivity contribution in [1.82, 2.24) is 14.9 Å². The monoisotopic (exact) mass is 385 g/mol. The number of aromatic nitrogens is 2. The van der Waals surface area contributed by atoms with Gasteiger partial charge in [-0.1, -0.05) is 56.0 Å². The number of benzene rings is 1. The fourth-order valence-electron chi connectivity index (χ4n) is 4.36. The predicted molar refractivity (Wildman–Crippen MR) is 109 cm³/mol. The average molecular weight is 386 g/mol. The normalized spacial score (nSPS) is 18.8. The Morgan fingerprint density at radius 2 is 1.78 bits per heavy atom. The van der Waals surface area contributed by atoms with E-state index in [4.69, 9.17) is 4.98 Å². The molecule has 0 aliphatic heterocycles. The quantitative estimate of drug-likeness (QED) is 0.623. The molecular weight excluding hydrogens is 358 g/mol. The number of fused-ring (bicyclic) bond motifs is 1. The molecule has 2 aliphatic rings. The lowest BCUT2D eigenvalue weighted by Gasteiger charge is -2.26. The van der Waals surface area contributed by atoms with Gasteiger partial charge in [0, 0.05) is 12.1 Å². The van der Waals surface area contributed by atoms with Gasteiger partial charge in [-0.05, 0) is 37.8 Å². The second-order valence-electron chi connectivity index (χ2n) is 7.72. The predicted octanol–water partition coefficient (Wildman–Crippen LogP) is 4.05. The zero-order valence-electron chi connectivity index (χ0n) is 15.7. The molecule has 1 heterocycles. The summed E-state index contributed by atoms with van der Waals surface area (Å²) in [5, 5.41) is 4.48. The average Bonchev–Trinajstić information content (AvgIpc) is 3.20. The number of carbonyl (C=O) groups excluding carboxylic acids is 1. The van der Waals surface area contributed by atoms with Gasteiger partial charge in [0.1, 0.15) is 0 Å². The van der Waals surface area contributed by atoms with Crippen LogP contribution in [0.1, 0.15) is 63.8 Å². The van der Waals surface area contributed by atoms with E-state index in [-0.39, 0.29) is 17.5 Å². The minimum absolute atomic E-state index is 0.0335. The van der Waals surface area contributed by atoms with Gasteiger partial charge in [-0.15, -0.1) is 0 Å².